The average molecular weight is 357 g/mol. The topological polar surface area (TPSA) is 108 Å². The molecular weight excluding hydrogens is 338 g/mol. The molecule has 0 spiro atoms. The van der Waals surface area contributed by atoms with E-state index in [1.54, 1.807) is 35.4 Å². The van der Waals surface area contributed by atoms with Crippen LogP contribution in [-0.2, 0) is 14.3 Å². The molecule has 0 bridgehead atoms. The van der Waals surface area contributed by atoms with Crippen LogP contribution in [0.2, 0.25) is 0 Å². The monoisotopic (exact) mass is 357 g/mol. The number of hydrogen-bond acceptors (Lipinski definition) is 7. The van der Waals surface area contributed by atoms with Gasteiger partial charge in [-0.15, -0.1) is 10.2 Å². The summed E-state index contributed by atoms with van der Waals surface area (Å²) in [6.45, 7) is 3.83. The molecule has 1 aliphatic heterocycles. The van der Waals surface area contributed by atoms with Gasteiger partial charge in [-0.25, -0.2) is 9.78 Å². The smallest absolute Gasteiger partial charge is 0.337 e. The number of imidazole rings is 1. The third-order valence-corrected chi connectivity index (χ3v) is 3.92. The van der Waals surface area contributed by atoms with E-state index in [0.717, 1.165) is 0 Å². The number of rotatable bonds is 4. The molecule has 0 saturated heterocycles. The fraction of sp³-hybridized carbons (Fsp3) is 0.353. The third kappa shape index (κ3) is 3.77. The van der Waals surface area contributed by atoms with Gasteiger partial charge in [0, 0.05) is 24.5 Å². The number of hydrogen-bond donors (Lipinski definition) is 1. The largest absolute Gasteiger partial charge is 0.466 e. The Kier molecular flexibility index (Phi) is 4.81. The Hall–Kier alpha value is -3.07. The molecule has 0 radical (unpaired) electrons. The van der Waals surface area contributed by atoms with Crippen molar-refractivity contribution >= 4 is 11.9 Å². The SMILES string of the molecule is COC(=O)C1=C(NC(=O)c2ccc(-n3ccnc3)nn2)CC(C)(C)OC1. The predicted molar refractivity (Wildman–Crippen MR) is 90.3 cm³/mol. The molecule has 136 valence electrons. The van der Waals surface area contributed by atoms with Crippen molar-refractivity contribution in [3.63, 3.8) is 0 Å². The van der Waals surface area contributed by atoms with E-state index in [0.29, 0.717) is 23.5 Å². The van der Waals surface area contributed by atoms with E-state index in [1.807, 2.05) is 13.8 Å². The zero-order valence-electron chi connectivity index (χ0n) is 14.7. The minimum Gasteiger partial charge on any atom is -0.466 e. The molecule has 1 N–H and O–H groups in total. The molecule has 0 atom stereocenters. The molecule has 1 amide bonds. The Morgan fingerprint density at radius 2 is 2.12 bits per heavy atom. The zero-order valence-corrected chi connectivity index (χ0v) is 14.7. The van der Waals surface area contributed by atoms with Crippen LogP contribution in [0.1, 0.15) is 30.8 Å². The van der Waals surface area contributed by atoms with Crippen LogP contribution in [0.3, 0.4) is 0 Å². The lowest BCUT2D eigenvalue weighted by atomic mass is 9.96. The number of nitrogens with zero attached hydrogens (tertiary/aromatic N) is 4. The maximum Gasteiger partial charge on any atom is 0.337 e. The van der Waals surface area contributed by atoms with Gasteiger partial charge in [0.15, 0.2) is 11.5 Å². The van der Waals surface area contributed by atoms with Crippen LogP contribution < -0.4 is 5.32 Å². The van der Waals surface area contributed by atoms with Gasteiger partial charge in [-0.3, -0.25) is 9.36 Å². The number of ether oxygens (including phenoxy) is 2. The molecule has 1 aliphatic rings. The van der Waals surface area contributed by atoms with Gasteiger partial charge < -0.3 is 14.8 Å². The highest BCUT2D eigenvalue weighted by atomic mass is 16.5. The molecular formula is C17H19N5O4. The molecule has 0 saturated carbocycles. The summed E-state index contributed by atoms with van der Waals surface area (Å²) in [6, 6.07) is 3.22. The van der Waals surface area contributed by atoms with Crippen LogP contribution in [0.25, 0.3) is 5.82 Å². The van der Waals surface area contributed by atoms with Crippen molar-refractivity contribution in [2.75, 3.05) is 13.7 Å². The number of methoxy groups -OCH3 is 1. The lowest BCUT2D eigenvalue weighted by Gasteiger charge is -2.32. The van der Waals surface area contributed by atoms with Crippen LogP contribution in [0.4, 0.5) is 0 Å². The van der Waals surface area contributed by atoms with E-state index >= 15 is 0 Å². The van der Waals surface area contributed by atoms with E-state index < -0.39 is 17.5 Å². The summed E-state index contributed by atoms with van der Waals surface area (Å²) < 4.78 is 12.1. The molecule has 3 rings (SSSR count). The van der Waals surface area contributed by atoms with Crippen LogP contribution in [0.5, 0.6) is 0 Å². The lowest BCUT2D eigenvalue weighted by molar-refractivity contribution is -0.138. The predicted octanol–water partition coefficient (Wildman–Crippen LogP) is 1.02. The fourth-order valence-corrected chi connectivity index (χ4v) is 2.54. The first-order chi connectivity index (χ1) is 12.4. The van der Waals surface area contributed by atoms with E-state index in [9.17, 15) is 9.59 Å². The average Bonchev–Trinajstić information content (AvgIpc) is 3.15. The van der Waals surface area contributed by atoms with Gasteiger partial charge in [-0.2, -0.15) is 0 Å². The summed E-state index contributed by atoms with van der Waals surface area (Å²) >= 11 is 0. The summed E-state index contributed by atoms with van der Waals surface area (Å²) in [5, 5.41) is 10.7. The molecule has 0 fully saturated rings. The van der Waals surface area contributed by atoms with E-state index in [-0.39, 0.29) is 12.3 Å². The van der Waals surface area contributed by atoms with Gasteiger partial charge >= 0.3 is 5.97 Å². The van der Waals surface area contributed by atoms with Crippen molar-refractivity contribution in [2.24, 2.45) is 0 Å². The first-order valence-electron chi connectivity index (χ1n) is 7.97. The quantitative estimate of drug-likeness (QED) is 0.814. The van der Waals surface area contributed by atoms with Gasteiger partial charge in [0.25, 0.3) is 5.91 Å². The molecule has 0 unspecified atom stereocenters. The molecule has 0 aromatic carbocycles. The van der Waals surface area contributed by atoms with Crippen molar-refractivity contribution in [3.05, 3.63) is 47.8 Å². The van der Waals surface area contributed by atoms with Crippen molar-refractivity contribution in [2.45, 2.75) is 25.9 Å². The van der Waals surface area contributed by atoms with E-state index in [1.165, 1.54) is 7.11 Å². The molecule has 0 aliphatic carbocycles. The molecule has 9 nitrogen and oxygen atoms in total. The normalized spacial score (nSPS) is 16.3. The molecule has 9 heteroatoms. The van der Waals surface area contributed by atoms with Crippen LogP contribution in [0.15, 0.2) is 42.1 Å². The van der Waals surface area contributed by atoms with Crippen molar-refractivity contribution in [1.29, 1.82) is 0 Å². The minimum absolute atomic E-state index is 0.0700. The second kappa shape index (κ2) is 7.04. The number of carbonyl (C=O) groups is 2. The number of amides is 1. The Bertz CT molecular complexity index is 841. The summed E-state index contributed by atoms with van der Waals surface area (Å²) in [7, 11) is 1.29. The maximum atomic E-state index is 12.5. The van der Waals surface area contributed by atoms with Gasteiger partial charge in [0.05, 0.1) is 24.9 Å². The maximum absolute atomic E-state index is 12.5. The third-order valence-electron chi connectivity index (χ3n) is 3.92. The van der Waals surface area contributed by atoms with Gasteiger partial charge in [0.2, 0.25) is 0 Å². The summed E-state index contributed by atoms with van der Waals surface area (Å²) in [5.41, 5.74) is 0.397. The van der Waals surface area contributed by atoms with Gasteiger partial charge in [-0.1, -0.05) is 0 Å². The van der Waals surface area contributed by atoms with Crippen molar-refractivity contribution in [3.8, 4) is 5.82 Å². The van der Waals surface area contributed by atoms with Gasteiger partial charge in [-0.05, 0) is 26.0 Å². The number of nitrogens with one attached hydrogen (secondary N) is 1. The Balaban J connectivity index is 1.80. The highest BCUT2D eigenvalue weighted by Gasteiger charge is 2.32. The van der Waals surface area contributed by atoms with E-state index in [2.05, 4.69) is 20.5 Å². The molecule has 2 aromatic rings. The molecule has 3 heterocycles. The highest BCUT2D eigenvalue weighted by molar-refractivity contribution is 5.96. The van der Waals surface area contributed by atoms with E-state index in [4.69, 9.17) is 9.47 Å². The molecule has 26 heavy (non-hydrogen) atoms. The first-order valence-corrected chi connectivity index (χ1v) is 7.97. The minimum atomic E-state index is -0.530. The Labute approximate surface area is 150 Å². The number of aromatic nitrogens is 4. The summed E-state index contributed by atoms with van der Waals surface area (Å²) in [4.78, 5) is 28.4. The summed E-state index contributed by atoms with van der Waals surface area (Å²) in [5.74, 6) is -0.443. The van der Waals surface area contributed by atoms with Crippen LogP contribution in [-0.4, -0.2) is 50.9 Å². The first kappa shape index (κ1) is 17.7. The Morgan fingerprint density at radius 3 is 2.73 bits per heavy atom. The van der Waals surface area contributed by atoms with Crippen LogP contribution in [0, 0.1) is 0 Å². The molecule has 2 aromatic heterocycles. The highest BCUT2D eigenvalue weighted by Crippen LogP contribution is 2.28. The lowest BCUT2D eigenvalue weighted by Crippen LogP contribution is -2.39. The van der Waals surface area contributed by atoms with Gasteiger partial charge in [0.1, 0.15) is 6.33 Å². The zero-order chi connectivity index (χ0) is 18.7. The second-order valence-corrected chi connectivity index (χ2v) is 6.37. The standard InChI is InChI=1S/C17H19N5O4/c1-17(2)8-13(11(9-26-17)16(24)25-3)19-15(23)12-4-5-14(21-20-12)22-7-6-18-10-22/h4-7,10H,8-9H2,1-3H3,(H,19,23). The van der Waals surface area contributed by atoms with Crippen LogP contribution >= 0.6 is 0 Å². The fourth-order valence-electron chi connectivity index (χ4n) is 2.54. The Morgan fingerprint density at radius 1 is 1.31 bits per heavy atom. The second-order valence-electron chi connectivity index (χ2n) is 6.37. The number of esters is 1. The summed E-state index contributed by atoms with van der Waals surface area (Å²) in [6.07, 6.45) is 5.29. The van der Waals surface area contributed by atoms with Crippen molar-refractivity contribution in [1.82, 2.24) is 25.1 Å². The van der Waals surface area contributed by atoms with Crippen molar-refractivity contribution < 1.29 is 19.1 Å². The number of carbonyl (C=O) groups excluding carboxylic acids is 2.